The van der Waals surface area contributed by atoms with Crippen molar-refractivity contribution in [3.8, 4) is 0 Å². The summed E-state index contributed by atoms with van der Waals surface area (Å²) in [6.45, 7) is 1.40. The minimum absolute atomic E-state index is 0.0399. The molecule has 5 nitrogen and oxygen atoms in total. The maximum absolute atomic E-state index is 14.2. The van der Waals surface area contributed by atoms with Gasteiger partial charge in [-0.2, -0.15) is 0 Å². The summed E-state index contributed by atoms with van der Waals surface area (Å²) in [6.07, 6.45) is 4.60. The molecule has 1 saturated carbocycles. The van der Waals surface area contributed by atoms with E-state index in [2.05, 4.69) is 4.98 Å². The second-order valence-electron chi connectivity index (χ2n) is 7.59. The molecule has 0 N–H and O–H groups in total. The van der Waals surface area contributed by atoms with Crippen LogP contribution >= 0.6 is 22.9 Å². The predicted octanol–water partition coefficient (Wildman–Crippen LogP) is 5.96. The summed E-state index contributed by atoms with van der Waals surface area (Å²) in [5, 5.41) is 2.24. The Hall–Kier alpha value is -3.10. The highest BCUT2D eigenvalue weighted by Gasteiger charge is 2.32. The lowest BCUT2D eigenvalue weighted by Crippen LogP contribution is -2.31. The van der Waals surface area contributed by atoms with Crippen LogP contribution in [-0.4, -0.2) is 27.7 Å². The van der Waals surface area contributed by atoms with Crippen LogP contribution in [0.4, 0.5) is 19.6 Å². The lowest BCUT2D eigenvalue weighted by atomic mass is 10.2. The molecule has 0 unspecified atom stereocenters. The van der Waals surface area contributed by atoms with Crippen LogP contribution in [0.3, 0.4) is 0 Å². The fourth-order valence-corrected chi connectivity index (χ4v) is 4.45. The van der Waals surface area contributed by atoms with Gasteiger partial charge in [-0.15, -0.1) is 11.3 Å². The average Bonchev–Trinajstić information content (AvgIpc) is 3.51. The van der Waals surface area contributed by atoms with Crippen molar-refractivity contribution in [3.63, 3.8) is 0 Å². The average molecular weight is 488 g/mol. The molecule has 0 bridgehead atoms. The first kappa shape index (κ1) is 23.1. The monoisotopic (exact) mass is 487 g/mol. The number of hydrogen-bond acceptors (Lipinski definition) is 4. The Morgan fingerprint density at radius 3 is 2.55 bits per heavy atom. The number of halogens is 3. The van der Waals surface area contributed by atoms with Crippen molar-refractivity contribution in [1.82, 2.24) is 9.88 Å². The molecule has 4 rings (SSSR count). The van der Waals surface area contributed by atoms with Gasteiger partial charge in [-0.3, -0.25) is 14.5 Å². The van der Waals surface area contributed by atoms with E-state index in [1.165, 1.54) is 48.2 Å². The van der Waals surface area contributed by atoms with Crippen LogP contribution < -0.4 is 4.90 Å². The highest BCUT2D eigenvalue weighted by atomic mass is 35.5. The van der Waals surface area contributed by atoms with Gasteiger partial charge >= 0.3 is 0 Å². The van der Waals surface area contributed by atoms with E-state index in [1.807, 2.05) is 0 Å². The fourth-order valence-electron chi connectivity index (χ4n) is 3.38. The molecule has 2 aromatic carbocycles. The lowest BCUT2D eigenvalue weighted by Gasteiger charge is -2.22. The quantitative estimate of drug-likeness (QED) is 0.386. The van der Waals surface area contributed by atoms with Gasteiger partial charge in [0.2, 0.25) is 11.8 Å². The van der Waals surface area contributed by atoms with Crippen molar-refractivity contribution in [2.45, 2.75) is 32.4 Å². The molecule has 0 atom stereocenters. The smallest absolute Gasteiger partial charge is 0.247 e. The zero-order chi connectivity index (χ0) is 23.5. The summed E-state index contributed by atoms with van der Waals surface area (Å²) in [5.74, 6) is -1.67. The number of nitrogens with zero attached hydrogens (tertiary/aromatic N) is 3. The molecule has 170 valence electrons. The second kappa shape index (κ2) is 9.80. The van der Waals surface area contributed by atoms with Crippen molar-refractivity contribution >= 4 is 51.6 Å². The van der Waals surface area contributed by atoms with E-state index in [4.69, 9.17) is 11.6 Å². The van der Waals surface area contributed by atoms with Gasteiger partial charge in [0.05, 0.1) is 17.9 Å². The number of amides is 2. The third kappa shape index (κ3) is 5.29. The van der Waals surface area contributed by atoms with Crippen LogP contribution in [0.2, 0.25) is 5.02 Å². The molecule has 2 amide bonds. The molecule has 1 aromatic heterocycles. The standard InChI is InChI=1S/C24H20ClF2N3O2S/c1-15(31)30(22-8-3-2-6-21(22)27)24-28-16(14-33-24)9-12-23(32)29(17-10-11-17)13-18-19(25)5-4-7-20(18)26/h2-9,12,14,17H,10-11,13H2,1H3/b12-9+. The SMILES string of the molecule is CC(=O)N(c1nc(/C=C/C(=O)N(Cc2c(F)cccc2Cl)C2CC2)cs1)c1ccccc1F. The molecule has 1 aliphatic rings. The zero-order valence-electron chi connectivity index (χ0n) is 17.7. The molecule has 0 spiro atoms. The van der Waals surface area contributed by atoms with Gasteiger partial charge in [-0.1, -0.05) is 29.8 Å². The molecule has 1 aliphatic carbocycles. The zero-order valence-corrected chi connectivity index (χ0v) is 19.2. The van der Waals surface area contributed by atoms with Gasteiger partial charge in [0, 0.05) is 35.0 Å². The molecule has 0 aliphatic heterocycles. The second-order valence-corrected chi connectivity index (χ2v) is 8.84. The van der Waals surface area contributed by atoms with Crippen LogP contribution in [0, 0.1) is 11.6 Å². The van der Waals surface area contributed by atoms with Crippen molar-refractivity contribution in [3.05, 3.63) is 81.8 Å². The number of benzene rings is 2. The first-order chi connectivity index (χ1) is 15.8. The lowest BCUT2D eigenvalue weighted by molar-refractivity contribution is -0.127. The molecule has 1 heterocycles. The van der Waals surface area contributed by atoms with E-state index in [-0.39, 0.29) is 45.8 Å². The number of carbonyl (C=O) groups excluding carboxylic acids is 2. The maximum Gasteiger partial charge on any atom is 0.247 e. The van der Waals surface area contributed by atoms with Gasteiger partial charge in [-0.25, -0.2) is 13.8 Å². The molecular formula is C24H20ClF2N3O2S. The van der Waals surface area contributed by atoms with Gasteiger partial charge in [0.15, 0.2) is 5.13 Å². The minimum atomic E-state index is -0.540. The summed E-state index contributed by atoms with van der Waals surface area (Å²) in [6, 6.07) is 10.4. The van der Waals surface area contributed by atoms with Gasteiger partial charge < -0.3 is 4.90 Å². The maximum atomic E-state index is 14.2. The van der Waals surface area contributed by atoms with E-state index in [1.54, 1.807) is 28.5 Å². The van der Waals surface area contributed by atoms with E-state index in [9.17, 15) is 18.4 Å². The molecule has 33 heavy (non-hydrogen) atoms. The summed E-state index contributed by atoms with van der Waals surface area (Å²) in [7, 11) is 0. The Morgan fingerprint density at radius 2 is 1.88 bits per heavy atom. The highest BCUT2D eigenvalue weighted by molar-refractivity contribution is 7.14. The Labute approximate surface area is 198 Å². The van der Waals surface area contributed by atoms with Crippen molar-refractivity contribution in [1.29, 1.82) is 0 Å². The number of carbonyl (C=O) groups is 2. The van der Waals surface area contributed by atoms with Crippen LogP contribution in [-0.2, 0) is 16.1 Å². The Kier molecular flexibility index (Phi) is 6.85. The third-order valence-electron chi connectivity index (χ3n) is 5.17. The largest absolute Gasteiger partial charge is 0.332 e. The molecule has 9 heteroatoms. The number of para-hydroxylation sites is 1. The first-order valence-corrected chi connectivity index (χ1v) is 11.5. The summed E-state index contributed by atoms with van der Waals surface area (Å²) < 4.78 is 28.4. The summed E-state index contributed by atoms with van der Waals surface area (Å²) in [4.78, 5) is 32.2. The summed E-state index contributed by atoms with van der Waals surface area (Å²) in [5.41, 5.74) is 0.837. The molecule has 1 fully saturated rings. The fraction of sp³-hybridized carbons (Fsp3) is 0.208. The Bertz CT molecular complexity index is 1210. The van der Waals surface area contributed by atoms with Crippen LogP contribution in [0.15, 0.2) is 53.9 Å². The van der Waals surface area contributed by atoms with Crippen LogP contribution in [0.25, 0.3) is 6.08 Å². The number of thiazole rings is 1. The molecule has 0 saturated heterocycles. The van der Waals surface area contributed by atoms with Crippen molar-refractivity contribution in [2.75, 3.05) is 4.90 Å². The highest BCUT2D eigenvalue weighted by Crippen LogP contribution is 2.32. The number of aromatic nitrogens is 1. The normalized spacial score (nSPS) is 13.3. The van der Waals surface area contributed by atoms with Gasteiger partial charge in [0.25, 0.3) is 0 Å². The van der Waals surface area contributed by atoms with Crippen molar-refractivity contribution < 1.29 is 18.4 Å². The van der Waals surface area contributed by atoms with Crippen molar-refractivity contribution in [2.24, 2.45) is 0 Å². The van der Waals surface area contributed by atoms with E-state index in [0.29, 0.717) is 5.69 Å². The van der Waals surface area contributed by atoms with Gasteiger partial charge in [0.1, 0.15) is 11.6 Å². The molecule has 0 radical (unpaired) electrons. The number of anilines is 2. The Balaban J connectivity index is 1.52. The van der Waals surface area contributed by atoms with E-state index in [0.717, 1.165) is 24.2 Å². The third-order valence-corrected chi connectivity index (χ3v) is 6.37. The van der Waals surface area contributed by atoms with Crippen LogP contribution in [0.1, 0.15) is 31.0 Å². The predicted molar refractivity (Wildman–Crippen MR) is 125 cm³/mol. The van der Waals surface area contributed by atoms with E-state index >= 15 is 0 Å². The molecule has 3 aromatic rings. The Morgan fingerprint density at radius 1 is 1.15 bits per heavy atom. The summed E-state index contributed by atoms with van der Waals surface area (Å²) >= 11 is 7.29. The topological polar surface area (TPSA) is 53.5 Å². The van der Waals surface area contributed by atoms with Crippen LogP contribution in [0.5, 0.6) is 0 Å². The van der Waals surface area contributed by atoms with E-state index < -0.39 is 11.6 Å². The number of hydrogen-bond donors (Lipinski definition) is 0. The van der Waals surface area contributed by atoms with Gasteiger partial charge in [-0.05, 0) is 43.2 Å². The number of rotatable bonds is 7. The first-order valence-electron chi connectivity index (χ1n) is 10.3. The minimum Gasteiger partial charge on any atom is -0.332 e. The molecular weight excluding hydrogens is 468 g/mol.